The molecule has 1 aliphatic heterocycles. The van der Waals surface area contributed by atoms with Gasteiger partial charge in [0, 0.05) is 39.1 Å². The minimum Gasteiger partial charge on any atom is -0.399 e. The highest BCUT2D eigenvalue weighted by atomic mass is 16.7. The molecular formula is C35H37NO7. The summed E-state index contributed by atoms with van der Waals surface area (Å²) < 4.78 is 13.2. The summed E-state index contributed by atoms with van der Waals surface area (Å²) in [7, 11) is 0. The molecule has 43 heavy (non-hydrogen) atoms. The monoisotopic (exact) mass is 583 g/mol. The van der Waals surface area contributed by atoms with Gasteiger partial charge in [0.15, 0.2) is 29.2 Å². The number of hydrogen-bond acceptors (Lipinski definition) is 8. The summed E-state index contributed by atoms with van der Waals surface area (Å²) in [5.74, 6) is -0.695. The molecule has 3 saturated carbocycles. The van der Waals surface area contributed by atoms with Gasteiger partial charge in [0.1, 0.15) is 6.61 Å². The van der Waals surface area contributed by atoms with Crippen LogP contribution in [0, 0.1) is 28.6 Å². The van der Waals surface area contributed by atoms with Crippen LogP contribution in [0.25, 0.3) is 0 Å². The van der Waals surface area contributed by atoms with E-state index in [0.717, 1.165) is 18.4 Å². The van der Waals surface area contributed by atoms with Crippen molar-refractivity contribution in [2.24, 2.45) is 28.6 Å². The molecule has 0 aromatic heterocycles. The quantitative estimate of drug-likeness (QED) is 0.354. The second kappa shape index (κ2) is 9.79. The molecule has 0 unspecified atom stereocenters. The largest absolute Gasteiger partial charge is 0.399 e. The molecule has 7 rings (SSSR count). The highest BCUT2D eigenvalue weighted by Crippen LogP contribution is 2.70. The Labute approximate surface area is 250 Å². The van der Waals surface area contributed by atoms with E-state index < -0.39 is 47.3 Å². The number of ether oxygens (including phenoxy) is 2. The number of ketones is 3. The van der Waals surface area contributed by atoms with Crippen LogP contribution >= 0.6 is 0 Å². The van der Waals surface area contributed by atoms with Crippen LogP contribution in [-0.2, 0) is 19.1 Å². The summed E-state index contributed by atoms with van der Waals surface area (Å²) in [5, 5.41) is 22.1. The van der Waals surface area contributed by atoms with Crippen molar-refractivity contribution in [3.05, 3.63) is 89.0 Å². The summed E-state index contributed by atoms with van der Waals surface area (Å²) in [4.78, 5) is 39.2. The lowest BCUT2D eigenvalue weighted by Gasteiger charge is -2.59. The van der Waals surface area contributed by atoms with Crippen LogP contribution in [0.4, 0.5) is 5.69 Å². The van der Waals surface area contributed by atoms with Crippen LogP contribution in [0.2, 0.25) is 0 Å². The zero-order chi connectivity index (χ0) is 30.3. The molecule has 8 heteroatoms. The first-order valence-corrected chi connectivity index (χ1v) is 15.1. The Bertz CT molecular complexity index is 1600. The van der Waals surface area contributed by atoms with Gasteiger partial charge >= 0.3 is 0 Å². The minimum absolute atomic E-state index is 0.00297. The number of hydrogen-bond donors (Lipinski definition) is 3. The van der Waals surface area contributed by atoms with Crippen molar-refractivity contribution >= 4 is 23.0 Å². The number of Topliss-reactive ketones (excluding diaryl/α,β-unsaturated/α-hetero) is 1. The first kappa shape index (κ1) is 28.3. The maximum absolute atomic E-state index is 13.8. The Morgan fingerprint density at radius 2 is 1.84 bits per heavy atom. The molecule has 2 aromatic carbocycles. The van der Waals surface area contributed by atoms with E-state index in [0.29, 0.717) is 35.2 Å². The van der Waals surface area contributed by atoms with Crippen molar-refractivity contribution in [2.45, 2.75) is 63.6 Å². The second-order valence-electron chi connectivity index (χ2n) is 13.4. The van der Waals surface area contributed by atoms with Crippen molar-refractivity contribution < 1.29 is 34.1 Å². The number of nitrogen functional groups attached to an aromatic ring is 1. The number of carbonyl (C=O) groups excluding carboxylic acids is 3. The average molecular weight is 584 g/mol. The fourth-order valence-corrected chi connectivity index (χ4v) is 9.51. The van der Waals surface area contributed by atoms with Crippen molar-refractivity contribution in [3.63, 3.8) is 0 Å². The van der Waals surface area contributed by atoms with Crippen LogP contribution in [0.5, 0.6) is 0 Å². The molecule has 2 aromatic rings. The van der Waals surface area contributed by atoms with Crippen molar-refractivity contribution in [3.8, 4) is 0 Å². The number of benzene rings is 2. The van der Waals surface area contributed by atoms with Gasteiger partial charge in [0.25, 0.3) is 0 Å². The Morgan fingerprint density at radius 1 is 1.09 bits per heavy atom. The zero-order valence-corrected chi connectivity index (χ0v) is 24.4. The molecule has 0 spiro atoms. The standard InChI is InChI=1S/C35H37NO7/c1-33-12-11-24(38)15-22(33)9-10-25-26-16-29-35(28(40)18-37,34(26,2)17-27(39)30(25)33)43-32(42-29)21-7-3-5-19(13-21)31(41)20-6-4-8-23(36)14-20/h3-8,11-15,25-27,29-30,32,37,39H,9-10,16-18,36H2,1-2H3/t25-,26-,27-,29+,30+,32+,33-,34-,35+/m0/s1. The number of anilines is 1. The Morgan fingerprint density at radius 3 is 2.58 bits per heavy atom. The molecule has 0 radical (unpaired) electrons. The van der Waals surface area contributed by atoms with Crippen LogP contribution in [-0.4, -0.2) is 52.0 Å². The number of aliphatic hydroxyl groups is 2. The van der Waals surface area contributed by atoms with Gasteiger partial charge in [-0.1, -0.05) is 55.8 Å². The van der Waals surface area contributed by atoms with Gasteiger partial charge in [0.2, 0.25) is 0 Å². The zero-order valence-electron chi connectivity index (χ0n) is 24.4. The maximum Gasteiger partial charge on any atom is 0.193 e. The molecule has 0 bridgehead atoms. The predicted molar refractivity (Wildman–Crippen MR) is 158 cm³/mol. The Hall–Kier alpha value is -3.43. The summed E-state index contributed by atoms with van der Waals surface area (Å²) in [5.41, 5.74) is 6.25. The third-order valence-corrected chi connectivity index (χ3v) is 11.4. The molecule has 4 fully saturated rings. The van der Waals surface area contributed by atoms with Crippen molar-refractivity contribution in [2.75, 3.05) is 12.3 Å². The lowest BCUT2D eigenvalue weighted by molar-refractivity contribution is -0.201. The van der Waals surface area contributed by atoms with Gasteiger partial charge in [0.05, 0.1) is 12.2 Å². The number of carbonyl (C=O) groups is 3. The predicted octanol–water partition coefficient (Wildman–Crippen LogP) is 4.10. The first-order chi connectivity index (χ1) is 20.5. The van der Waals surface area contributed by atoms with Crippen LogP contribution in [0.3, 0.4) is 0 Å². The molecule has 5 aliphatic rings. The van der Waals surface area contributed by atoms with E-state index in [9.17, 15) is 24.6 Å². The molecule has 1 saturated heterocycles. The van der Waals surface area contributed by atoms with Crippen LogP contribution in [0.1, 0.15) is 67.3 Å². The van der Waals surface area contributed by atoms with Gasteiger partial charge in [-0.25, -0.2) is 0 Å². The highest BCUT2D eigenvalue weighted by molar-refractivity contribution is 6.09. The van der Waals surface area contributed by atoms with E-state index in [2.05, 4.69) is 6.92 Å². The van der Waals surface area contributed by atoms with Gasteiger partial charge in [-0.05, 0) is 67.9 Å². The topological polar surface area (TPSA) is 136 Å². The summed E-state index contributed by atoms with van der Waals surface area (Å²) >= 11 is 0. The number of rotatable bonds is 5. The van der Waals surface area contributed by atoms with Gasteiger partial charge < -0.3 is 25.4 Å². The summed E-state index contributed by atoms with van der Waals surface area (Å²) in [6.07, 6.45) is 5.37. The SMILES string of the molecule is C[C@]12C=CC(=O)C=C1CC[C@@H]1[C@@H]2[C@@H](O)C[C@@]2(C)[C@H]1C[C@H]1O[C@@H](c3cccc(C(=O)c4cccc(N)c4)c3)O[C@]12C(=O)CO. The van der Waals surface area contributed by atoms with Gasteiger partial charge in [-0.2, -0.15) is 0 Å². The van der Waals surface area contributed by atoms with E-state index in [-0.39, 0.29) is 29.3 Å². The van der Waals surface area contributed by atoms with E-state index in [1.807, 2.05) is 13.0 Å². The summed E-state index contributed by atoms with van der Waals surface area (Å²) in [6, 6.07) is 13.8. The fourth-order valence-electron chi connectivity index (χ4n) is 9.51. The smallest absolute Gasteiger partial charge is 0.193 e. The van der Waals surface area contributed by atoms with E-state index >= 15 is 0 Å². The second-order valence-corrected chi connectivity index (χ2v) is 13.4. The van der Waals surface area contributed by atoms with Gasteiger partial charge in [-0.15, -0.1) is 0 Å². The molecule has 9 atom stereocenters. The normalized spacial score (nSPS) is 39.3. The third kappa shape index (κ3) is 3.93. The molecular weight excluding hydrogens is 546 g/mol. The molecule has 1 heterocycles. The third-order valence-electron chi connectivity index (χ3n) is 11.4. The highest BCUT2D eigenvalue weighted by Gasteiger charge is 2.75. The van der Waals surface area contributed by atoms with E-state index in [1.165, 1.54) is 0 Å². The first-order valence-electron chi connectivity index (χ1n) is 15.1. The Balaban J connectivity index is 1.22. The van der Waals surface area contributed by atoms with Crippen LogP contribution in [0.15, 0.2) is 72.3 Å². The Kier molecular flexibility index (Phi) is 6.45. The number of fused-ring (bicyclic) bond motifs is 7. The van der Waals surface area contributed by atoms with Crippen LogP contribution < -0.4 is 5.73 Å². The van der Waals surface area contributed by atoms with E-state index in [1.54, 1.807) is 60.7 Å². The molecule has 224 valence electrons. The molecule has 4 aliphatic carbocycles. The number of aliphatic hydroxyl groups excluding tert-OH is 2. The summed E-state index contributed by atoms with van der Waals surface area (Å²) in [6.45, 7) is 3.41. The average Bonchev–Trinajstić information content (AvgIpc) is 3.49. The van der Waals surface area contributed by atoms with Crippen molar-refractivity contribution in [1.82, 2.24) is 0 Å². The molecule has 8 nitrogen and oxygen atoms in total. The molecule has 4 N–H and O–H groups in total. The lowest BCUT2D eigenvalue weighted by atomic mass is 9.46. The minimum atomic E-state index is -1.45. The van der Waals surface area contributed by atoms with Gasteiger partial charge in [-0.3, -0.25) is 14.4 Å². The van der Waals surface area contributed by atoms with E-state index in [4.69, 9.17) is 15.2 Å². The number of nitrogens with two attached hydrogens (primary N) is 1. The lowest BCUT2D eigenvalue weighted by Crippen LogP contribution is -2.63. The fraction of sp³-hybridized carbons (Fsp3) is 0.457. The van der Waals surface area contributed by atoms with Crippen molar-refractivity contribution in [1.29, 1.82) is 0 Å². The molecule has 0 amide bonds. The number of allylic oxidation sites excluding steroid dienone is 4. The maximum atomic E-state index is 13.8.